The maximum atomic E-state index is 11.9. The first-order valence-corrected chi connectivity index (χ1v) is 5.54. The number of methoxy groups -OCH3 is 1. The van der Waals surface area contributed by atoms with Gasteiger partial charge in [0.15, 0.2) is 0 Å². The number of nitrogens with two attached hydrogens (primary N) is 1. The first kappa shape index (κ1) is 9.97. The predicted molar refractivity (Wildman–Crippen MR) is 53.6 cm³/mol. The molecular formula is C11H19NO2. The first-order valence-electron chi connectivity index (χ1n) is 5.54. The maximum Gasteiger partial charge on any atom is 0.313 e. The SMILES string of the molecule is COC(=O)C(CN)(C1CCC1)C1CC1. The summed E-state index contributed by atoms with van der Waals surface area (Å²) in [5.41, 5.74) is 5.51. The Bertz CT molecular complexity index is 233. The molecule has 2 fully saturated rings. The van der Waals surface area contributed by atoms with Gasteiger partial charge in [-0.3, -0.25) is 4.79 Å². The van der Waals surface area contributed by atoms with Crippen LogP contribution in [0.15, 0.2) is 0 Å². The van der Waals surface area contributed by atoms with E-state index in [1.54, 1.807) is 0 Å². The minimum atomic E-state index is -0.326. The van der Waals surface area contributed by atoms with Gasteiger partial charge >= 0.3 is 5.97 Å². The third kappa shape index (κ3) is 1.26. The maximum absolute atomic E-state index is 11.9. The molecule has 0 bridgehead atoms. The van der Waals surface area contributed by atoms with Gasteiger partial charge in [0.25, 0.3) is 0 Å². The van der Waals surface area contributed by atoms with E-state index >= 15 is 0 Å². The summed E-state index contributed by atoms with van der Waals surface area (Å²) in [6, 6.07) is 0. The molecule has 0 amide bonds. The minimum Gasteiger partial charge on any atom is -0.469 e. The highest BCUT2D eigenvalue weighted by Gasteiger charge is 2.56. The lowest BCUT2D eigenvalue weighted by Gasteiger charge is -2.42. The molecule has 1 atom stereocenters. The average Bonchev–Trinajstić information content (AvgIpc) is 2.93. The topological polar surface area (TPSA) is 52.3 Å². The molecule has 0 aliphatic heterocycles. The van der Waals surface area contributed by atoms with Crippen molar-refractivity contribution in [2.45, 2.75) is 32.1 Å². The van der Waals surface area contributed by atoms with E-state index in [0.29, 0.717) is 18.4 Å². The van der Waals surface area contributed by atoms with Crippen LogP contribution >= 0.6 is 0 Å². The second-order valence-electron chi connectivity index (χ2n) is 4.64. The molecule has 80 valence electrons. The van der Waals surface area contributed by atoms with Crippen molar-refractivity contribution in [2.75, 3.05) is 13.7 Å². The van der Waals surface area contributed by atoms with Crippen LogP contribution in [0.1, 0.15) is 32.1 Å². The van der Waals surface area contributed by atoms with E-state index in [-0.39, 0.29) is 11.4 Å². The third-order valence-corrected chi connectivity index (χ3v) is 4.04. The van der Waals surface area contributed by atoms with E-state index in [1.165, 1.54) is 13.5 Å². The molecular weight excluding hydrogens is 178 g/mol. The molecule has 0 aromatic carbocycles. The van der Waals surface area contributed by atoms with Gasteiger partial charge in [-0.05, 0) is 37.5 Å². The highest BCUT2D eigenvalue weighted by Crippen LogP contribution is 2.55. The quantitative estimate of drug-likeness (QED) is 0.691. The molecule has 2 rings (SSSR count). The Hall–Kier alpha value is -0.570. The molecule has 2 aliphatic rings. The summed E-state index contributed by atoms with van der Waals surface area (Å²) in [6.07, 6.45) is 5.87. The Kier molecular flexibility index (Phi) is 2.52. The van der Waals surface area contributed by atoms with E-state index in [9.17, 15) is 4.79 Å². The Labute approximate surface area is 85.0 Å². The summed E-state index contributed by atoms with van der Waals surface area (Å²) in [6.45, 7) is 0.467. The zero-order valence-electron chi connectivity index (χ0n) is 8.79. The second kappa shape index (κ2) is 3.54. The summed E-state index contributed by atoms with van der Waals surface area (Å²) in [5.74, 6) is 0.935. The number of esters is 1. The van der Waals surface area contributed by atoms with E-state index in [0.717, 1.165) is 25.7 Å². The molecule has 14 heavy (non-hydrogen) atoms. The van der Waals surface area contributed by atoms with Crippen LogP contribution < -0.4 is 5.73 Å². The van der Waals surface area contributed by atoms with Crippen molar-refractivity contribution >= 4 is 5.97 Å². The number of rotatable bonds is 4. The Balaban J connectivity index is 2.19. The lowest BCUT2D eigenvalue weighted by Crippen LogP contribution is -2.49. The minimum absolute atomic E-state index is 0.0628. The highest BCUT2D eigenvalue weighted by molar-refractivity contribution is 5.78. The lowest BCUT2D eigenvalue weighted by atomic mass is 9.62. The zero-order chi connectivity index (χ0) is 10.2. The van der Waals surface area contributed by atoms with Gasteiger partial charge in [0, 0.05) is 6.54 Å². The third-order valence-electron chi connectivity index (χ3n) is 4.04. The van der Waals surface area contributed by atoms with Crippen LogP contribution in [0.25, 0.3) is 0 Å². The van der Waals surface area contributed by atoms with Crippen LogP contribution in [0, 0.1) is 17.3 Å². The van der Waals surface area contributed by atoms with E-state index in [2.05, 4.69) is 0 Å². The fraction of sp³-hybridized carbons (Fsp3) is 0.909. The van der Waals surface area contributed by atoms with Crippen molar-refractivity contribution in [3.05, 3.63) is 0 Å². The van der Waals surface area contributed by atoms with E-state index < -0.39 is 0 Å². The van der Waals surface area contributed by atoms with Crippen molar-refractivity contribution in [1.29, 1.82) is 0 Å². The van der Waals surface area contributed by atoms with E-state index in [1.807, 2.05) is 0 Å². The average molecular weight is 197 g/mol. The molecule has 0 saturated heterocycles. The molecule has 2 aliphatic carbocycles. The number of hydrogen-bond acceptors (Lipinski definition) is 3. The summed E-state index contributed by atoms with van der Waals surface area (Å²) < 4.78 is 4.95. The van der Waals surface area contributed by atoms with Crippen LogP contribution in [0.3, 0.4) is 0 Å². The standard InChI is InChI=1S/C11H19NO2/c1-14-10(13)11(7-12,9-5-6-9)8-3-2-4-8/h8-9H,2-7,12H2,1H3. The fourth-order valence-corrected chi connectivity index (χ4v) is 2.80. The molecule has 0 aromatic heterocycles. The fourth-order valence-electron chi connectivity index (χ4n) is 2.80. The highest BCUT2D eigenvalue weighted by atomic mass is 16.5. The molecule has 2 saturated carbocycles. The predicted octanol–water partition coefficient (Wildman–Crippen LogP) is 1.31. The monoisotopic (exact) mass is 197 g/mol. The molecule has 3 heteroatoms. The lowest BCUT2D eigenvalue weighted by molar-refractivity contribution is -0.160. The normalized spacial score (nSPS) is 26.4. The number of carbonyl (C=O) groups is 1. The van der Waals surface area contributed by atoms with Crippen LogP contribution in [-0.2, 0) is 9.53 Å². The Morgan fingerprint density at radius 1 is 1.36 bits per heavy atom. The first-order chi connectivity index (χ1) is 6.75. The zero-order valence-corrected chi connectivity index (χ0v) is 8.79. The molecule has 0 spiro atoms. The van der Waals surface area contributed by atoms with Gasteiger partial charge in [-0.2, -0.15) is 0 Å². The van der Waals surface area contributed by atoms with Gasteiger partial charge in [-0.25, -0.2) is 0 Å². The largest absolute Gasteiger partial charge is 0.469 e. The molecule has 3 nitrogen and oxygen atoms in total. The van der Waals surface area contributed by atoms with Crippen LogP contribution in [0.4, 0.5) is 0 Å². The summed E-state index contributed by atoms with van der Waals surface area (Å²) in [7, 11) is 1.48. The number of hydrogen-bond donors (Lipinski definition) is 1. The van der Waals surface area contributed by atoms with Crippen molar-refractivity contribution in [3.63, 3.8) is 0 Å². The van der Waals surface area contributed by atoms with E-state index in [4.69, 9.17) is 10.5 Å². The van der Waals surface area contributed by atoms with Crippen LogP contribution in [0.2, 0.25) is 0 Å². The Morgan fingerprint density at radius 2 is 1.93 bits per heavy atom. The van der Waals surface area contributed by atoms with Crippen molar-refractivity contribution in [2.24, 2.45) is 23.0 Å². The molecule has 0 heterocycles. The van der Waals surface area contributed by atoms with Gasteiger partial charge in [0.2, 0.25) is 0 Å². The van der Waals surface area contributed by atoms with Crippen LogP contribution in [-0.4, -0.2) is 19.6 Å². The smallest absolute Gasteiger partial charge is 0.313 e. The van der Waals surface area contributed by atoms with Gasteiger partial charge in [-0.15, -0.1) is 0 Å². The molecule has 1 unspecified atom stereocenters. The molecule has 2 N–H and O–H groups in total. The van der Waals surface area contributed by atoms with Crippen LogP contribution in [0.5, 0.6) is 0 Å². The van der Waals surface area contributed by atoms with Gasteiger partial charge in [-0.1, -0.05) is 6.42 Å². The summed E-state index contributed by atoms with van der Waals surface area (Å²) >= 11 is 0. The number of carbonyl (C=O) groups excluding carboxylic acids is 1. The molecule has 0 radical (unpaired) electrons. The molecule has 0 aromatic rings. The van der Waals surface area contributed by atoms with Crippen molar-refractivity contribution < 1.29 is 9.53 Å². The van der Waals surface area contributed by atoms with Gasteiger partial charge in [0.05, 0.1) is 12.5 Å². The second-order valence-corrected chi connectivity index (χ2v) is 4.64. The number of ether oxygens (including phenoxy) is 1. The summed E-state index contributed by atoms with van der Waals surface area (Å²) in [4.78, 5) is 11.9. The van der Waals surface area contributed by atoms with Crippen molar-refractivity contribution in [1.82, 2.24) is 0 Å². The van der Waals surface area contributed by atoms with Crippen molar-refractivity contribution in [3.8, 4) is 0 Å². The summed E-state index contributed by atoms with van der Waals surface area (Å²) in [5, 5.41) is 0. The van der Waals surface area contributed by atoms with Gasteiger partial charge < -0.3 is 10.5 Å². The Morgan fingerprint density at radius 3 is 2.21 bits per heavy atom. The van der Waals surface area contributed by atoms with Gasteiger partial charge in [0.1, 0.15) is 0 Å².